The van der Waals surface area contributed by atoms with E-state index in [-0.39, 0.29) is 18.5 Å². The van der Waals surface area contributed by atoms with Crippen LogP contribution in [-0.2, 0) is 11.3 Å². The van der Waals surface area contributed by atoms with Gasteiger partial charge in [0.2, 0.25) is 0 Å². The number of hydrogen-bond donors (Lipinski definition) is 0. The Hall–Kier alpha value is -0.850. The van der Waals surface area contributed by atoms with E-state index in [0.29, 0.717) is 18.0 Å². The Morgan fingerprint density at radius 2 is 2.10 bits per heavy atom. The molecule has 0 aromatic heterocycles. The van der Waals surface area contributed by atoms with Gasteiger partial charge in [0.15, 0.2) is 0 Å². The zero-order chi connectivity index (χ0) is 15.6. The number of halogens is 2. The van der Waals surface area contributed by atoms with Crippen molar-refractivity contribution >= 4 is 28.7 Å². The highest BCUT2D eigenvalue weighted by molar-refractivity contribution is 14.1. The van der Waals surface area contributed by atoms with Gasteiger partial charge in [-0.25, -0.2) is 9.18 Å². The zero-order valence-electron chi connectivity index (χ0n) is 12.7. The minimum atomic E-state index is -0.539. The summed E-state index contributed by atoms with van der Waals surface area (Å²) >= 11 is 2.14. The molecule has 0 atom stereocenters. The molecular formula is C16H21FINO2. The molecule has 0 N–H and O–H groups in total. The predicted octanol–water partition coefficient (Wildman–Crippen LogP) is 4.58. The highest BCUT2D eigenvalue weighted by Gasteiger charge is 2.30. The Labute approximate surface area is 139 Å². The van der Waals surface area contributed by atoms with Crippen LogP contribution in [0.5, 0.6) is 0 Å². The summed E-state index contributed by atoms with van der Waals surface area (Å²) in [6, 6.07) is 4.94. The maximum atomic E-state index is 13.9. The molecule has 0 spiro atoms. The quantitative estimate of drug-likeness (QED) is 0.687. The third-order valence-corrected chi connectivity index (χ3v) is 3.87. The average molecular weight is 405 g/mol. The second-order valence-corrected chi connectivity index (χ2v) is 7.79. The second-order valence-electron chi connectivity index (χ2n) is 6.54. The van der Waals surface area contributed by atoms with Gasteiger partial charge in [0.05, 0.1) is 6.54 Å². The van der Waals surface area contributed by atoms with Crippen LogP contribution in [-0.4, -0.2) is 23.1 Å². The summed E-state index contributed by atoms with van der Waals surface area (Å²) in [6.45, 7) is 6.42. The predicted molar refractivity (Wildman–Crippen MR) is 88.5 cm³/mol. The fourth-order valence-electron chi connectivity index (χ4n) is 2.01. The largest absolute Gasteiger partial charge is 0.444 e. The van der Waals surface area contributed by atoms with E-state index < -0.39 is 5.60 Å². The Balaban J connectivity index is 2.11. The van der Waals surface area contributed by atoms with E-state index in [0.717, 1.165) is 16.4 Å². The molecule has 0 heterocycles. The van der Waals surface area contributed by atoms with E-state index in [9.17, 15) is 9.18 Å². The van der Waals surface area contributed by atoms with Crippen LogP contribution in [0, 0.1) is 15.3 Å². The smallest absolute Gasteiger partial charge is 0.410 e. The number of carbonyl (C=O) groups excluding carboxylic acids is 1. The first-order chi connectivity index (χ1) is 9.74. The summed E-state index contributed by atoms with van der Waals surface area (Å²) in [5.41, 5.74) is -0.00358. The van der Waals surface area contributed by atoms with Gasteiger partial charge in [-0.05, 0) is 80.3 Å². The number of carbonyl (C=O) groups is 1. The molecule has 0 unspecified atom stereocenters. The van der Waals surface area contributed by atoms with Crippen LogP contribution < -0.4 is 0 Å². The molecule has 1 aromatic rings. The standard InChI is InChI=1S/C16H21FINO2/c1-16(2,3)21-15(20)19(9-11-4-5-11)10-12-8-13(18)6-7-14(12)17/h6-8,11H,4-5,9-10H2,1-3H3. The normalized spacial score (nSPS) is 14.9. The molecule has 5 heteroatoms. The molecule has 116 valence electrons. The van der Waals surface area contributed by atoms with E-state index in [1.807, 2.05) is 20.8 Å². The van der Waals surface area contributed by atoms with Gasteiger partial charge in [-0.1, -0.05) is 0 Å². The molecule has 1 aliphatic carbocycles. The van der Waals surface area contributed by atoms with E-state index in [1.165, 1.54) is 6.07 Å². The second kappa shape index (κ2) is 6.50. The molecule has 3 nitrogen and oxygen atoms in total. The highest BCUT2D eigenvalue weighted by atomic mass is 127. The van der Waals surface area contributed by atoms with E-state index >= 15 is 0 Å². The first kappa shape index (κ1) is 16.5. The highest BCUT2D eigenvalue weighted by Crippen LogP contribution is 2.31. The average Bonchev–Trinajstić information content (AvgIpc) is 3.14. The molecule has 1 saturated carbocycles. The molecule has 0 bridgehead atoms. The maximum Gasteiger partial charge on any atom is 0.410 e. The number of ether oxygens (including phenoxy) is 1. The Bertz CT molecular complexity index is 523. The molecule has 1 amide bonds. The van der Waals surface area contributed by atoms with Crippen molar-refractivity contribution in [2.75, 3.05) is 6.54 Å². The minimum absolute atomic E-state index is 0.258. The topological polar surface area (TPSA) is 29.5 Å². The zero-order valence-corrected chi connectivity index (χ0v) is 14.8. The summed E-state index contributed by atoms with van der Waals surface area (Å²) in [5.74, 6) is 0.253. The number of amides is 1. The van der Waals surface area contributed by atoms with Crippen LogP contribution >= 0.6 is 22.6 Å². The molecule has 1 fully saturated rings. The van der Waals surface area contributed by atoms with Crippen LogP contribution in [0.3, 0.4) is 0 Å². The lowest BCUT2D eigenvalue weighted by molar-refractivity contribution is 0.0222. The molecule has 1 aromatic carbocycles. The third kappa shape index (κ3) is 5.45. The SMILES string of the molecule is CC(C)(C)OC(=O)N(Cc1cc(I)ccc1F)CC1CC1. The van der Waals surface area contributed by atoms with Crippen molar-refractivity contribution in [3.8, 4) is 0 Å². The van der Waals surface area contributed by atoms with Gasteiger partial charge in [-0.3, -0.25) is 0 Å². The summed E-state index contributed by atoms with van der Waals surface area (Å²) in [4.78, 5) is 13.9. The van der Waals surface area contributed by atoms with Gasteiger partial charge in [0, 0.05) is 15.7 Å². The lowest BCUT2D eigenvalue weighted by Gasteiger charge is -2.27. The molecule has 0 aliphatic heterocycles. The van der Waals surface area contributed by atoms with Crippen molar-refractivity contribution in [2.45, 2.75) is 45.8 Å². The van der Waals surface area contributed by atoms with Gasteiger partial charge >= 0.3 is 6.09 Å². The number of rotatable bonds is 4. The van der Waals surface area contributed by atoms with Crippen LogP contribution in [0.1, 0.15) is 39.2 Å². The first-order valence-corrected chi connectivity index (χ1v) is 8.24. The maximum absolute atomic E-state index is 13.9. The molecule has 0 radical (unpaired) electrons. The van der Waals surface area contributed by atoms with Crippen LogP contribution in [0.2, 0.25) is 0 Å². The van der Waals surface area contributed by atoms with Crippen LogP contribution in [0.4, 0.5) is 9.18 Å². The van der Waals surface area contributed by atoms with E-state index in [2.05, 4.69) is 22.6 Å². The van der Waals surface area contributed by atoms with E-state index in [4.69, 9.17) is 4.74 Å². The molecular weight excluding hydrogens is 384 g/mol. The lowest BCUT2D eigenvalue weighted by atomic mass is 10.2. The Morgan fingerprint density at radius 1 is 1.43 bits per heavy atom. The summed E-state index contributed by atoms with van der Waals surface area (Å²) in [6.07, 6.45) is 1.90. The van der Waals surface area contributed by atoms with Gasteiger partial charge in [0.25, 0.3) is 0 Å². The van der Waals surface area contributed by atoms with Crippen LogP contribution in [0.25, 0.3) is 0 Å². The van der Waals surface area contributed by atoms with Crippen molar-refractivity contribution in [1.82, 2.24) is 4.90 Å². The van der Waals surface area contributed by atoms with Gasteiger partial charge < -0.3 is 9.64 Å². The van der Waals surface area contributed by atoms with Crippen molar-refractivity contribution < 1.29 is 13.9 Å². The fraction of sp³-hybridized carbons (Fsp3) is 0.562. The van der Waals surface area contributed by atoms with Crippen molar-refractivity contribution in [2.24, 2.45) is 5.92 Å². The molecule has 21 heavy (non-hydrogen) atoms. The van der Waals surface area contributed by atoms with Crippen LogP contribution in [0.15, 0.2) is 18.2 Å². The lowest BCUT2D eigenvalue weighted by Crippen LogP contribution is -2.37. The van der Waals surface area contributed by atoms with Gasteiger partial charge in [-0.15, -0.1) is 0 Å². The summed E-state index contributed by atoms with van der Waals surface area (Å²) in [5, 5.41) is 0. The summed E-state index contributed by atoms with van der Waals surface area (Å²) < 4.78 is 20.3. The van der Waals surface area contributed by atoms with Crippen molar-refractivity contribution in [1.29, 1.82) is 0 Å². The first-order valence-electron chi connectivity index (χ1n) is 7.16. The molecule has 1 aliphatic rings. The Morgan fingerprint density at radius 3 is 2.67 bits per heavy atom. The Kier molecular flexibility index (Phi) is 5.11. The minimum Gasteiger partial charge on any atom is -0.444 e. The summed E-state index contributed by atoms with van der Waals surface area (Å²) in [7, 11) is 0. The fourth-order valence-corrected chi connectivity index (χ4v) is 2.57. The third-order valence-electron chi connectivity index (χ3n) is 3.20. The monoisotopic (exact) mass is 405 g/mol. The number of benzene rings is 1. The molecule has 2 rings (SSSR count). The van der Waals surface area contributed by atoms with Crippen molar-refractivity contribution in [3.05, 3.63) is 33.1 Å². The number of hydrogen-bond acceptors (Lipinski definition) is 2. The molecule has 0 saturated heterocycles. The van der Waals surface area contributed by atoms with Crippen molar-refractivity contribution in [3.63, 3.8) is 0 Å². The van der Waals surface area contributed by atoms with Gasteiger partial charge in [-0.2, -0.15) is 0 Å². The number of nitrogens with zero attached hydrogens (tertiary/aromatic N) is 1. The van der Waals surface area contributed by atoms with Gasteiger partial charge in [0.1, 0.15) is 11.4 Å². The van der Waals surface area contributed by atoms with E-state index in [1.54, 1.807) is 17.0 Å².